The number of benzene rings is 1. The van der Waals surface area contributed by atoms with E-state index < -0.39 is 0 Å². The molecule has 4 heteroatoms. The lowest BCUT2D eigenvalue weighted by molar-refractivity contribution is 0.0781. The van der Waals surface area contributed by atoms with E-state index in [0.29, 0.717) is 25.0 Å². The van der Waals surface area contributed by atoms with E-state index in [2.05, 4.69) is 5.32 Å². The highest BCUT2D eigenvalue weighted by atomic mass is 16.5. The monoisotopic (exact) mass is 258 g/mol. The number of ether oxygens (including phenoxy) is 1. The molecule has 1 aromatic rings. The van der Waals surface area contributed by atoms with Crippen molar-refractivity contribution in [1.29, 1.82) is 0 Å². The van der Waals surface area contributed by atoms with Crippen LogP contribution in [0.4, 0.5) is 0 Å². The van der Waals surface area contributed by atoms with Crippen LogP contribution in [0.25, 0.3) is 0 Å². The molecule has 0 aliphatic carbocycles. The number of carbonyl (C=O) groups excluding carboxylic acids is 1. The van der Waals surface area contributed by atoms with Gasteiger partial charge in [-0.05, 0) is 35.1 Å². The maximum absolute atomic E-state index is 12.5. The van der Waals surface area contributed by atoms with E-state index >= 15 is 0 Å². The molecular weight excluding hydrogens is 240 g/mol. The second kappa shape index (κ2) is 4.32. The van der Waals surface area contributed by atoms with Crippen LogP contribution in [-0.2, 0) is 18.0 Å². The number of nitrogens with zero attached hydrogens (tertiary/aromatic N) is 1. The van der Waals surface area contributed by atoms with Gasteiger partial charge < -0.3 is 15.0 Å². The van der Waals surface area contributed by atoms with Gasteiger partial charge >= 0.3 is 0 Å². The van der Waals surface area contributed by atoms with Gasteiger partial charge in [-0.3, -0.25) is 4.79 Å². The zero-order chi connectivity index (χ0) is 12.8. The van der Waals surface area contributed by atoms with E-state index in [1.807, 2.05) is 23.1 Å². The van der Waals surface area contributed by atoms with Gasteiger partial charge in [0.25, 0.3) is 5.91 Å². The molecule has 4 nitrogen and oxygen atoms in total. The van der Waals surface area contributed by atoms with E-state index in [4.69, 9.17) is 4.74 Å². The van der Waals surface area contributed by atoms with E-state index in [-0.39, 0.29) is 5.91 Å². The van der Waals surface area contributed by atoms with Crippen molar-refractivity contribution in [2.75, 3.05) is 26.2 Å². The SMILES string of the molecule is O=C(c1ccc2c(c1)COC2)N1C[C@H]2CNC[C@H]2C1. The van der Waals surface area contributed by atoms with Crippen molar-refractivity contribution in [3.05, 3.63) is 34.9 Å². The number of amides is 1. The summed E-state index contributed by atoms with van der Waals surface area (Å²) < 4.78 is 5.40. The number of hydrogen-bond acceptors (Lipinski definition) is 3. The molecule has 0 bridgehead atoms. The van der Waals surface area contributed by atoms with Crippen LogP contribution in [0.15, 0.2) is 18.2 Å². The summed E-state index contributed by atoms with van der Waals surface area (Å²) in [5.41, 5.74) is 3.21. The van der Waals surface area contributed by atoms with Crippen molar-refractivity contribution < 1.29 is 9.53 Å². The first-order chi connectivity index (χ1) is 9.31. The van der Waals surface area contributed by atoms with Crippen LogP contribution in [0.3, 0.4) is 0 Å². The Morgan fingerprint density at radius 2 is 1.89 bits per heavy atom. The molecule has 3 aliphatic rings. The first-order valence-corrected chi connectivity index (χ1v) is 7.01. The smallest absolute Gasteiger partial charge is 0.253 e. The van der Waals surface area contributed by atoms with Gasteiger partial charge in [0.15, 0.2) is 0 Å². The number of hydrogen-bond donors (Lipinski definition) is 1. The average Bonchev–Trinajstić information content (AvgIpc) is 3.11. The molecule has 1 amide bonds. The van der Waals surface area contributed by atoms with Crippen molar-refractivity contribution in [3.63, 3.8) is 0 Å². The minimum absolute atomic E-state index is 0.184. The summed E-state index contributed by atoms with van der Waals surface area (Å²) in [4.78, 5) is 14.6. The summed E-state index contributed by atoms with van der Waals surface area (Å²) >= 11 is 0. The predicted octanol–water partition coefficient (Wildman–Crippen LogP) is 1.01. The fraction of sp³-hybridized carbons (Fsp3) is 0.533. The van der Waals surface area contributed by atoms with Gasteiger partial charge in [0, 0.05) is 31.7 Å². The van der Waals surface area contributed by atoms with Crippen LogP contribution in [0.1, 0.15) is 21.5 Å². The van der Waals surface area contributed by atoms with Gasteiger partial charge in [-0.2, -0.15) is 0 Å². The topological polar surface area (TPSA) is 41.6 Å². The first kappa shape index (κ1) is 11.4. The second-order valence-corrected chi connectivity index (χ2v) is 5.86. The Kier molecular flexibility index (Phi) is 2.60. The van der Waals surface area contributed by atoms with Crippen molar-refractivity contribution in [2.24, 2.45) is 11.8 Å². The number of nitrogens with one attached hydrogen (secondary N) is 1. The highest BCUT2D eigenvalue weighted by Gasteiger charge is 2.38. The number of likely N-dealkylation sites (tertiary alicyclic amines) is 1. The van der Waals surface area contributed by atoms with Gasteiger partial charge in [0.05, 0.1) is 13.2 Å². The minimum atomic E-state index is 0.184. The predicted molar refractivity (Wildman–Crippen MR) is 70.7 cm³/mol. The van der Waals surface area contributed by atoms with Crippen LogP contribution in [0.5, 0.6) is 0 Å². The van der Waals surface area contributed by atoms with E-state index in [1.54, 1.807) is 0 Å². The lowest BCUT2D eigenvalue weighted by atomic mass is 10.0. The van der Waals surface area contributed by atoms with Gasteiger partial charge in [0.2, 0.25) is 0 Å². The molecule has 1 N–H and O–H groups in total. The summed E-state index contributed by atoms with van der Waals surface area (Å²) in [7, 11) is 0. The lowest BCUT2D eigenvalue weighted by Crippen LogP contribution is -2.31. The maximum Gasteiger partial charge on any atom is 0.253 e. The van der Waals surface area contributed by atoms with Gasteiger partial charge in [-0.25, -0.2) is 0 Å². The second-order valence-electron chi connectivity index (χ2n) is 5.86. The van der Waals surface area contributed by atoms with Gasteiger partial charge in [0.1, 0.15) is 0 Å². The van der Waals surface area contributed by atoms with Crippen LogP contribution < -0.4 is 5.32 Å². The Balaban J connectivity index is 1.54. The fourth-order valence-electron chi connectivity index (χ4n) is 3.51. The molecule has 0 radical (unpaired) electrons. The molecule has 100 valence electrons. The van der Waals surface area contributed by atoms with Crippen molar-refractivity contribution >= 4 is 5.91 Å². The molecule has 3 heterocycles. The zero-order valence-corrected chi connectivity index (χ0v) is 10.9. The molecule has 2 fully saturated rings. The van der Waals surface area contributed by atoms with Gasteiger partial charge in [-0.15, -0.1) is 0 Å². The van der Waals surface area contributed by atoms with E-state index in [1.165, 1.54) is 11.1 Å². The molecule has 3 aliphatic heterocycles. The Morgan fingerprint density at radius 3 is 2.68 bits per heavy atom. The molecule has 2 saturated heterocycles. The average molecular weight is 258 g/mol. The Morgan fingerprint density at radius 1 is 1.16 bits per heavy atom. The Bertz CT molecular complexity index is 517. The van der Waals surface area contributed by atoms with Crippen LogP contribution in [-0.4, -0.2) is 37.0 Å². The largest absolute Gasteiger partial charge is 0.372 e. The third-order valence-electron chi connectivity index (χ3n) is 4.65. The quantitative estimate of drug-likeness (QED) is 0.817. The van der Waals surface area contributed by atoms with E-state index in [9.17, 15) is 4.79 Å². The number of carbonyl (C=O) groups is 1. The normalized spacial score (nSPS) is 28.5. The van der Waals surface area contributed by atoms with Crippen LogP contribution >= 0.6 is 0 Å². The molecule has 0 saturated carbocycles. The Hall–Kier alpha value is -1.39. The molecule has 19 heavy (non-hydrogen) atoms. The molecule has 4 rings (SSSR count). The maximum atomic E-state index is 12.5. The molecule has 0 unspecified atom stereocenters. The summed E-state index contributed by atoms with van der Waals surface area (Å²) in [5, 5.41) is 3.40. The minimum Gasteiger partial charge on any atom is -0.372 e. The summed E-state index contributed by atoms with van der Waals surface area (Å²) in [6, 6.07) is 5.99. The van der Waals surface area contributed by atoms with Crippen LogP contribution in [0, 0.1) is 11.8 Å². The molecular formula is C15H18N2O2. The summed E-state index contributed by atoms with van der Waals surface area (Å²) in [6.45, 7) is 5.27. The third kappa shape index (κ3) is 1.86. The third-order valence-corrected chi connectivity index (χ3v) is 4.65. The molecule has 2 atom stereocenters. The number of rotatable bonds is 1. The molecule has 1 aromatic carbocycles. The highest BCUT2D eigenvalue weighted by molar-refractivity contribution is 5.94. The summed E-state index contributed by atoms with van der Waals surface area (Å²) in [6.07, 6.45) is 0. The molecule has 0 spiro atoms. The lowest BCUT2D eigenvalue weighted by Gasteiger charge is -2.18. The highest BCUT2D eigenvalue weighted by Crippen LogP contribution is 2.28. The van der Waals surface area contributed by atoms with Gasteiger partial charge in [-0.1, -0.05) is 6.07 Å². The fourth-order valence-corrected chi connectivity index (χ4v) is 3.51. The van der Waals surface area contributed by atoms with Crippen molar-refractivity contribution in [2.45, 2.75) is 13.2 Å². The van der Waals surface area contributed by atoms with Crippen molar-refractivity contribution in [1.82, 2.24) is 10.2 Å². The zero-order valence-electron chi connectivity index (χ0n) is 10.9. The first-order valence-electron chi connectivity index (χ1n) is 7.01. The molecule has 0 aromatic heterocycles. The van der Waals surface area contributed by atoms with E-state index in [0.717, 1.165) is 31.7 Å². The van der Waals surface area contributed by atoms with Crippen LogP contribution in [0.2, 0.25) is 0 Å². The van der Waals surface area contributed by atoms with Crippen molar-refractivity contribution in [3.8, 4) is 0 Å². The summed E-state index contributed by atoms with van der Waals surface area (Å²) in [5.74, 6) is 1.49. The number of fused-ring (bicyclic) bond motifs is 2. The standard InChI is InChI=1S/C15H18N2O2/c18-15(17-6-13-4-16-5-14(13)7-17)10-1-2-11-8-19-9-12(11)3-10/h1-3,13-14,16H,4-9H2/t13-,14+. The Labute approximate surface area is 112 Å².